The average Bonchev–Trinajstić information content (AvgIpc) is 2.58. The standard InChI is InChI=1S/C18H20Cl2N2O2/c1-12(18(23)21-15-9-4-5-10-16(15)24-3)22(2)11-13-7-6-8-14(19)17(13)20/h4-10,12H,11H2,1-3H3,(H,21,23)/p+1/t12-/m1/s1. The highest BCUT2D eigenvalue weighted by Gasteiger charge is 2.23. The lowest BCUT2D eigenvalue weighted by atomic mass is 10.1. The van der Waals surface area contributed by atoms with Crippen molar-refractivity contribution >= 4 is 34.8 Å². The molecular formula is C18H21Cl2N2O2+. The number of halogens is 2. The first-order valence-electron chi connectivity index (χ1n) is 7.63. The van der Waals surface area contributed by atoms with Crippen LogP contribution in [0.25, 0.3) is 0 Å². The van der Waals surface area contributed by atoms with Crippen LogP contribution in [-0.2, 0) is 11.3 Å². The van der Waals surface area contributed by atoms with Crippen molar-refractivity contribution in [1.82, 2.24) is 0 Å². The lowest BCUT2D eigenvalue weighted by molar-refractivity contribution is -0.907. The quantitative estimate of drug-likeness (QED) is 0.823. The van der Waals surface area contributed by atoms with E-state index in [1.165, 1.54) is 0 Å². The minimum absolute atomic E-state index is 0.0878. The molecule has 6 heteroatoms. The molecule has 0 spiro atoms. The smallest absolute Gasteiger partial charge is 0.282 e. The number of hydrogen-bond donors (Lipinski definition) is 2. The summed E-state index contributed by atoms with van der Waals surface area (Å²) >= 11 is 12.3. The van der Waals surface area contributed by atoms with Crippen molar-refractivity contribution in [2.45, 2.75) is 19.5 Å². The van der Waals surface area contributed by atoms with E-state index >= 15 is 0 Å². The molecule has 2 aromatic carbocycles. The van der Waals surface area contributed by atoms with Crippen LogP contribution >= 0.6 is 23.2 Å². The van der Waals surface area contributed by atoms with Gasteiger partial charge in [0.1, 0.15) is 12.3 Å². The van der Waals surface area contributed by atoms with Gasteiger partial charge >= 0.3 is 0 Å². The van der Waals surface area contributed by atoms with Gasteiger partial charge in [-0.2, -0.15) is 0 Å². The Labute approximate surface area is 152 Å². The maximum Gasteiger partial charge on any atom is 0.282 e. The van der Waals surface area contributed by atoms with Crippen LogP contribution in [0.15, 0.2) is 42.5 Å². The van der Waals surface area contributed by atoms with Crippen LogP contribution in [0.1, 0.15) is 12.5 Å². The van der Waals surface area contributed by atoms with Gasteiger partial charge in [0.2, 0.25) is 0 Å². The maximum atomic E-state index is 12.5. The lowest BCUT2D eigenvalue weighted by Crippen LogP contribution is -3.12. The number of anilines is 1. The summed E-state index contributed by atoms with van der Waals surface area (Å²) in [6.45, 7) is 2.47. The second-order valence-electron chi connectivity index (χ2n) is 5.65. The number of carbonyl (C=O) groups is 1. The third-order valence-electron chi connectivity index (χ3n) is 4.00. The van der Waals surface area contributed by atoms with Gasteiger partial charge in [-0.05, 0) is 25.1 Å². The Bertz CT molecular complexity index is 722. The summed E-state index contributed by atoms with van der Waals surface area (Å²) in [5, 5.41) is 3.97. The van der Waals surface area contributed by atoms with Crippen LogP contribution in [-0.4, -0.2) is 26.1 Å². The molecule has 0 aliphatic carbocycles. The first-order chi connectivity index (χ1) is 11.4. The number of likely N-dealkylation sites (N-methyl/N-ethyl adjacent to an activating group) is 1. The van der Waals surface area contributed by atoms with Crippen molar-refractivity contribution in [2.75, 3.05) is 19.5 Å². The first kappa shape index (κ1) is 18.6. The highest BCUT2D eigenvalue weighted by Crippen LogP contribution is 2.25. The van der Waals surface area contributed by atoms with Crippen LogP contribution in [0, 0.1) is 0 Å². The van der Waals surface area contributed by atoms with Gasteiger partial charge in [0.25, 0.3) is 5.91 Å². The van der Waals surface area contributed by atoms with Crippen molar-refractivity contribution in [3.05, 3.63) is 58.1 Å². The van der Waals surface area contributed by atoms with E-state index in [-0.39, 0.29) is 11.9 Å². The summed E-state index contributed by atoms with van der Waals surface area (Å²) < 4.78 is 5.26. The fourth-order valence-electron chi connectivity index (χ4n) is 2.35. The number of carbonyl (C=O) groups excluding carboxylic acids is 1. The van der Waals surface area contributed by atoms with Crippen LogP contribution < -0.4 is 15.0 Å². The number of benzene rings is 2. The number of para-hydroxylation sites is 2. The molecule has 2 aromatic rings. The maximum absolute atomic E-state index is 12.5. The van der Waals surface area contributed by atoms with E-state index < -0.39 is 0 Å². The largest absolute Gasteiger partial charge is 0.495 e. The molecule has 0 saturated heterocycles. The van der Waals surface area contributed by atoms with Gasteiger partial charge in [-0.3, -0.25) is 4.79 Å². The lowest BCUT2D eigenvalue weighted by Gasteiger charge is -2.22. The molecule has 0 saturated carbocycles. The van der Waals surface area contributed by atoms with E-state index in [1.54, 1.807) is 13.2 Å². The molecule has 0 aromatic heterocycles. The van der Waals surface area contributed by atoms with E-state index in [0.29, 0.717) is 28.0 Å². The second-order valence-corrected chi connectivity index (χ2v) is 6.43. The number of nitrogens with one attached hydrogen (secondary N) is 2. The third kappa shape index (κ3) is 4.41. The number of quaternary nitrogens is 1. The zero-order chi connectivity index (χ0) is 17.7. The van der Waals surface area contributed by atoms with E-state index in [1.807, 2.05) is 50.4 Å². The number of rotatable bonds is 6. The Morgan fingerprint density at radius 1 is 1.21 bits per heavy atom. The van der Waals surface area contributed by atoms with Crippen molar-refractivity contribution in [1.29, 1.82) is 0 Å². The van der Waals surface area contributed by atoms with Crippen molar-refractivity contribution in [3.63, 3.8) is 0 Å². The van der Waals surface area contributed by atoms with Gasteiger partial charge in [0.05, 0.1) is 29.9 Å². The molecule has 0 aliphatic heterocycles. The zero-order valence-corrected chi connectivity index (χ0v) is 15.4. The van der Waals surface area contributed by atoms with Gasteiger partial charge in [0.15, 0.2) is 6.04 Å². The average molecular weight is 368 g/mol. The molecule has 0 bridgehead atoms. The van der Waals surface area contributed by atoms with E-state index in [9.17, 15) is 4.79 Å². The SMILES string of the molecule is COc1ccccc1NC(=O)[C@@H](C)[NH+](C)Cc1cccc(Cl)c1Cl. The van der Waals surface area contributed by atoms with E-state index in [4.69, 9.17) is 27.9 Å². The fourth-order valence-corrected chi connectivity index (χ4v) is 2.74. The molecule has 128 valence electrons. The minimum atomic E-state index is -0.273. The topological polar surface area (TPSA) is 42.8 Å². The number of amides is 1. The predicted molar refractivity (Wildman–Crippen MR) is 98.1 cm³/mol. The highest BCUT2D eigenvalue weighted by atomic mass is 35.5. The normalized spacial score (nSPS) is 13.2. The minimum Gasteiger partial charge on any atom is -0.495 e. The monoisotopic (exact) mass is 367 g/mol. The molecule has 0 radical (unpaired) electrons. The number of methoxy groups -OCH3 is 1. The molecule has 0 heterocycles. The summed E-state index contributed by atoms with van der Waals surface area (Å²) in [5.41, 5.74) is 1.57. The van der Waals surface area contributed by atoms with Crippen molar-refractivity contribution in [3.8, 4) is 5.75 Å². The van der Waals surface area contributed by atoms with Gasteiger partial charge in [-0.25, -0.2) is 0 Å². The zero-order valence-electron chi connectivity index (χ0n) is 13.9. The summed E-state index contributed by atoms with van der Waals surface area (Å²) in [7, 11) is 3.52. The van der Waals surface area contributed by atoms with Crippen LogP contribution in [0.5, 0.6) is 5.75 Å². The van der Waals surface area contributed by atoms with Crippen LogP contribution in [0.2, 0.25) is 10.0 Å². The van der Waals surface area contributed by atoms with Crippen LogP contribution in [0.3, 0.4) is 0 Å². The molecule has 2 N–H and O–H groups in total. The number of ether oxygens (including phenoxy) is 1. The van der Waals surface area contributed by atoms with Gasteiger partial charge in [0, 0.05) is 5.56 Å². The van der Waals surface area contributed by atoms with Gasteiger partial charge in [-0.15, -0.1) is 0 Å². The van der Waals surface area contributed by atoms with Crippen molar-refractivity contribution < 1.29 is 14.4 Å². The first-order valence-corrected chi connectivity index (χ1v) is 8.38. The molecule has 4 nitrogen and oxygen atoms in total. The molecule has 0 fully saturated rings. The van der Waals surface area contributed by atoms with Gasteiger partial charge < -0.3 is 15.0 Å². The molecule has 0 aliphatic rings. The van der Waals surface area contributed by atoms with Crippen molar-refractivity contribution in [2.24, 2.45) is 0 Å². The van der Waals surface area contributed by atoms with Crippen LogP contribution in [0.4, 0.5) is 5.69 Å². The Morgan fingerprint density at radius 2 is 1.92 bits per heavy atom. The summed E-state index contributed by atoms with van der Waals surface area (Å²) in [6, 6.07) is 12.6. The van der Waals surface area contributed by atoms with E-state index in [2.05, 4.69) is 5.32 Å². The molecule has 24 heavy (non-hydrogen) atoms. The second kappa shape index (κ2) is 8.38. The summed E-state index contributed by atoms with van der Waals surface area (Å²) in [4.78, 5) is 13.5. The van der Waals surface area contributed by atoms with Gasteiger partial charge in [-0.1, -0.05) is 47.5 Å². The Morgan fingerprint density at radius 3 is 2.62 bits per heavy atom. The Balaban J connectivity index is 2.05. The highest BCUT2D eigenvalue weighted by molar-refractivity contribution is 6.42. The molecule has 1 unspecified atom stereocenters. The molecular weight excluding hydrogens is 347 g/mol. The summed E-state index contributed by atoms with van der Waals surface area (Å²) in [6.07, 6.45) is 0. The summed E-state index contributed by atoms with van der Waals surface area (Å²) in [5.74, 6) is 0.545. The van der Waals surface area contributed by atoms with E-state index in [0.717, 1.165) is 10.5 Å². The Kier molecular flexibility index (Phi) is 6.49. The molecule has 2 atom stereocenters. The Hall–Kier alpha value is -1.75. The molecule has 2 rings (SSSR count). The third-order valence-corrected chi connectivity index (χ3v) is 4.86. The predicted octanol–water partition coefficient (Wildman–Crippen LogP) is 3.04. The molecule has 1 amide bonds. The number of hydrogen-bond acceptors (Lipinski definition) is 2. The fraction of sp³-hybridized carbons (Fsp3) is 0.278.